The van der Waals surface area contributed by atoms with Crippen LogP contribution >= 0.6 is 11.6 Å². The van der Waals surface area contributed by atoms with Crippen LogP contribution in [0.1, 0.15) is 37.9 Å². The van der Waals surface area contributed by atoms with E-state index in [9.17, 15) is 23.9 Å². The van der Waals surface area contributed by atoms with Crippen LogP contribution in [0, 0.1) is 5.82 Å². The monoisotopic (exact) mass is 603 g/mol. The van der Waals surface area contributed by atoms with E-state index in [1.165, 1.54) is 58.4 Å². The van der Waals surface area contributed by atoms with Crippen molar-refractivity contribution in [2.45, 2.75) is 12.5 Å². The van der Waals surface area contributed by atoms with E-state index in [4.69, 9.17) is 16.3 Å². The molecule has 1 aromatic heterocycles. The molecule has 0 aliphatic carbocycles. The summed E-state index contributed by atoms with van der Waals surface area (Å²) >= 11 is 5.94. The number of aromatic carboxylic acids is 1. The predicted molar refractivity (Wildman–Crippen MR) is 158 cm³/mol. The van der Waals surface area contributed by atoms with Crippen molar-refractivity contribution in [2.75, 3.05) is 43.1 Å². The Morgan fingerprint density at radius 2 is 1.67 bits per heavy atom. The summed E-state index contributed by atoms with van der Waals surface area (Å²) < 4.78 is 21.4. The standard InChI is InChI=1S/C31H27ClFN5O5/c32-24-4-2-6-26(27(24)33)38-18-20(17-34-38)30(40)37-12-11-22-23(3-1-5-25(22)36-13-15-43-16-14-36)28(37)29(39)35-21-9-7-19(8-10-21)31(41)42/h1-10,17-18,28H,11-16H2,(H,35,39)(H,41,42)/t28-/m0/s1. The number of rotatable bonds is 6. The molecule has 1 atom stereocenters. The van der Waals surface area contributed by atoms with Gasteiger partial charge in [-0.3, -0.25) is 9.59 Å². The molecule has 3 aromatic carbocycles. The van der Waals surface area contributed by atoms with Crippen molar-refractivity contribution in [2.24, 2.45) is 0 Å². The number of ether oxygens (including phenoxy) is 1. The number of nitrogens with one attached hydrogen (secondary N) is 1. The van der Waals surface area contributed by atoms with Gasteiger partial charge in [-0.1, -0.05) is 29.8 Å². The van der Waals surface area contributed by atoms with Crippen LogP contribution in [0.25, 0.3) is 5.69 Å². The number of nitrogens with zero attached hydrogens (tertiary/aromatic N) is 4. The number of hydrogen-bond acceptors (Lipinski definition) is 6. The van der Waals surface area contributed by atoms with E-state index < -0.39 is 29.6 Å². The molecule has 0 bridgehead atoms. The fraction of sp³-hybridized carbons (Fsp3) is 0.226. The average Bonchev–Trinajstić information content (AvgIpc) is 3.52. The predicted octanol–water partition coefficient (Wildman–Crippen LogP) is 4.58. The number of anilines is 2. The number of carboxylic acid groups (broad SMARTS) is 1. The van der Waals surface area contributed by atoms with E-state index in [0.717, 1.165) is 11.3 Å². The highest BCUT2D eigenvalue weighted by atomic mass is 35.5. The van der Waals surface area contributed by atoms with Crippen LogP contribution in [0.3, 0.4) is 0 Å². The number of morpholine rings is 1. The van der Waals surface area contributed by atoms with Crippen LogP contribution in [0.4, 0.5) is 15.8 Å². The normalized spacial score (nSPS) is 16.5. The first-order valence-corrected chi connectivity index (χ1v) is 14.1. The molecule has 0 radical (unpaired) electrons. The average molecular weight is 604 g/mol. The molecular formula is C31H27ClFN5O5. The Morgan fingerprint density at radius 1 is 0.953 bits per heavy atom. The van der Waals surface area contributed by atoms with Crippen molar-refractivity contribution in [1.29, 1.82) is 0 Å². The summed E-state index contributed by atoms with van der Waals surface area (Å²) in [6.07, 6.45) is 3.26. The summed E-state index contributed by atoms with van der Waals surface area (Å²) in [7, 11) is 0. The van der Waals surface area contributed by atoms with Gasteiger partial charge >= 0.3 is 5.97 Å². The minimum Gasteiger partial charge on any atom is -0.478 e. The van der Waals surface area contributed by atoms with Gasteiger partial charge in [0.15, 0.2) is 5.82 Å². The lowest BCUT2D eigenvalue weighted by molar-refractivity contribution is -0.121. The third-order valence-electron chi connectivity index (χ3n) is 7.66. The highest BCUT2D eigenvalue weighted by molar-refractivity contribution is 6.30. The maximum Gasteiger partial charge on any atom is 0.335 e. The highest BCUT2D eigenvalue weighted by Gasteiger charge is 2.38. The maximum absolute atomic E-state index is 14.7. The first kappa shape index (κ1) is 28.4. The Labute approximate surface area is 251 Å². The lowest BCUT2D eigenvalue weighted by Crippen LogP contribution is -2.46. The van der Waals surface area contributed by atoms with Crippen LogP contribution in [-0.2, 0) is 16.0 Å². The van der Waals surface area contributed by atoms with Crippen LogP contribution in [0.2, 0.25) is 5.02 Å². The summed E-state index contributed by atoms with van der Waals surface area (Å²) in [5.74, 6) is -2.65. The third-order valence-corrected chi connectivity index (χ3v) is 7.96. The van der Waals surface area contributed by atoms with Crippen molar-refractivity contribution in [3.8, 4) is 5.69 Å². The fourth-order valence-corrected chi connectivity index (χ4v) is 5.73. The summed E-state index contributed by atoms with van der Waals surface area (Å²) in [4.78, 5) is 42.9. The SMILES string of the molecule is O=C(O)c1ccc(NC(=O)[C@@H]2c3cccc(N4CCOCC4)c3CCN2C(=O)c2cnn(-c3cccc(Cl)c3F)c2)cc1. The molecule has 220 valence electrons. The number of amides is 2. The third kappa shape index (κ3) is 5.56. The molecule has 1 fully saturated rings. The van der Waals surface area contributed by atoms with Gasteiger partial charge in [0, 0.05) is 37.2 Å². The van der Waals surface area contributed by atoms with Gasteiger partial charge in [-0.05, 0) is 60.0 Å². The van der Waals surface area contributed by atoms with Gasteiger partial charge in [0.25, 0.3) is 11.8 Å². The lowest BCUT2D eigenvalue weighted by atomic mass is 9.89. The van der Waals surface area contributed by atoms with Gasteiger partial charge in [0.1, 0.15) is 11.7 Å². The van der Waals surface area contributed by atoms with Gasteiger partial charge in [-0.25, -0.2) is 13.9 Å². The second-order valence-corrected chi connectivity index (χ2v) is 10.6. The van der Waals surface area contributed by atoms with Crippen LogP contribution < -0.4 is 10.2 Å². The first-order chi connectivity index (χ1) is 20.8. The quantitative estimate of drug-likeness (QED) is 0.331. The molecule has 12 heteroatoms. The van der Waals surface area contributed by atoms with Crippen molar-refractivity contribution >= 4 is 40.8 Å². The van der Waals surface area contributed by atoms with Gasteiger partial charge in [0.05, 0.1) is 35.6 Å². The van der Waals surface area contributed by atoms with Crippen molar-refractivity contribution in [3.63, 3.8) is 0 Å². The first-order valence-electron chi connectivity index (χ1n) is 13.7. The van der Waals surface area contributed by atoms with Crippen molar-refractivity contribution in [1.82, 2.24) is 14.7 Å². The van der Waals surface area contributed by atoms with Crippen molar-refractivity contribution < 1.29 is 28.6 Å². The molecule has 1 saturated heterocycles. The van der Waals surface area contributed by atoms with E-state index >= 15 is 0 Å². The van der Waals surface area contributed by atoms with Gasteiger partial charge in [0.2, 0.25) is 0 Å². The molecule has 0 saturated carbocycles. The second-order valence-electron chi connectivity index (χ2n) is 10.2. The smallest absolute Gasteiger partial charge is 0.335 e. The number of carbonyl (C=O) groups is 3. The van der Waals surface area contributed by atoms with E-state index in [2.05, 4.69) is 15.3 Å². The molecule has 2 aliphatic rings. The lowest BCUT2D eigenvalue weighted by Gasteiger charge is -2.39. The largest absolute Gasteiger partial charge is 0.478 e. The molecule has 10 nitrogen and oxygen atoms in total. The Bertz CT molecular complexity index is 1700. The highest BCUT2D eigenvalue weighted by Crippen LogP contribution is 2.37. The number of hydrogen-bond donors (Lipinski definition) is 2. The van der Waals surface area contributed by atoms with Crippen LogP contribution in [-0.4, -0.2) is 70.4 Å². The zero-order chi connectivity index (χ0) is 30.1. The molecular weight excluding hydrogens is 577 g/mol. The van der Waals surface area contributed by atoms with Gasteiger partial charge in [-0.15, -0.1) is 0 Å². The molecule has 2 amide bonds. The van der Waals surface area contributed by atoms with E-state index in [-0.39, 0.29) is 28.4 Å². The molecule has 2 N–H and O–H groups in total. The fourth-order valence-electron chi connectivity index (χ4n) is 5.56. The van der Waals surface area contributed by atoms with Gasteiger partial charge in [-0.2, -0.15) is 5.10 Å². The number of carbonyl (C=O) groups excluding carboxylic acids is 2. The minimum atomic E-state index is -1.08. The Kier molecular flexibility index (Phi) is 7.83. The number of benzene rings is 3. The summed E-state index contributed by atoms with van der Waals surface area (Å²) in [5.41, 5.74) is 3.41. The Hall–Kier alpha value is -4.74. The Morgan fingerprint density at radius 3 is 2.42 bits per heavy atom. The molecule has 4 aromatic rings. The molecule has 43 heavy (non-hydrogen) atoms. The molecule has 6 rings (SSSR count). The van der Waals surface area contributed by atoms with E-state index in [1.807, 2.05) is 18.2 Å². The summed E-state index contributed by atoms with van der Waals surface area (Å²) in [5, 5.41) is 16.2. The van der Waals surface area contributed by atoms with Crippen molar-refractivity contribution in [3.05, 3.63) is 106 Å². The minimum absolute atomic E-state index is 0.0716. The van der Waals surface area contributed by atoms with Crippen LogP contribution in [0.5, 0.6) is 0 Å². The van der Waals surface area contributed by atoms with Gasteiger partial charge < -0.3 is 25.0 Å². The molecule has 0 unspecified atom stereocenters. The molecule has 2 aliphatic heterocycles. The summed E-state index contributed by atoms with van der Waals surface area (Å²) in [6.45, 7) is 2.87. The second kappa shape index (κ2) is 11.9. The van der Waals surface area contributed by atoms with E-state index in [1.54, 1.807) is 6.07 Å². The number of halogens is 2. The van der Waals surface area contributed by atoms with E-state index in [0.29, 0.717) is 44.0 Å². The number of fused-ring (bicyclic) bond motifs is 1. The zero-order valence-corrected chi connectivity index (χ0v) is 23.6. The summed E-state index contributed by atoms with van der Waals surface area (Å²) in [6, 6.07) is 15.1. The number of carboxylic acids is 1. The van der Waals surface area contributed by atoms with Crippen LogP contribution in [0.15, 0.2) is 73.1 Å². The maximum atomic E-state index is 14.7. The zero-order valence-electron chi connectivity index (χ0n) is 22.9. The Balaban J connectivity index is 1.35. The number of aromatic nitrogens is 2. The molecule has 3 heterocycles. The molecule has 0 spiro atoms. The topological polar surface area (TPSA) is 117 Å².